The van der Waals surface area contributed by atoms with Gasteiger partial charge in [0.05, 0.1) is 12.0 Å². The fraction of sp³-hybridized carbons (Fsp3) is 0. The van der Waals surface area contributed by atoms with Gasteiger partial charge in [-0.2, -0.15) is 0 Å². The van der Waals surface area contributed by atoms with Gasteiger partial charge in [0, 0.05) is 10.9 Å². The third-order valence-electron chi connectivity index (χ3n) is 3.02. The van der Waals surface area contributed by atoms with Gasteiger partial charge in [-0.05, 0) is 0 Å². The molecule has 3 aromatic heterocycles. The molecule has 4 rings (SSSR count). The fourth-order valence-electron chi connectivity index (χ4n) is 2.03. The zero-order valence-electron chi connectivity index (χ0n) is 10.8. The first kappa shape index (κ1) is 12.0. The van der Waals surface area contributed by atoms with Gasteiger partial charge in [0.25, 0.3) is 0 Å². The van der Waals surface area contributed by atoms with Gasteiger partial charge in [-0.25, -0.2) is 19.9 Å². The quantitative estimate of drug-likeness (QED) is 0.606. The molecule has 0 bridgehead atoms. The Morgan fingerprint density at radius 3 is 2.86 bits per heavy atom. The number of nitrogens with one attached hydrogen (secondary N) is 2. The zero-order valence-corrected chi connectivity index (χ0v) is 11.6. The molecule has 6 nitrogen and oxygen atoms in total. The van der Waals surface area contributed by atoms with Crippen molar-refractivity contribution in [3.05, 3.63) is 48.4 Å². The lowest BCUT2D eigenvalue weighted by Gasteiger charge is -2.01. The van der Waals surface area contributed by atoms with Crippen LogP contribution in [0.15, 0.2) is 48.4 Å². The second-order valence-electron chi connectivity index (χ2n) is 4.35. The molecule has 0 unspecified atom stereocenters. The van der Waals surface area contributed by atoms with Crippen LogP contribution in [0.2, 0.25) is 0 Å². The van der Waals surface area contributed by atoms with Crippen molar-refractivity contribution in [3.8, 4) is 11.3 Å². The number of hydrogen-bond acceptors (Lipinski definition) is 6. The van der Waals surface area contributed by atoms with Crippen LogP contribution in [0.25, 0.3) is 22.4 Å². The highest BCUT2D eigenvalue weighted by Crippen LogP contribution is 2.27. The number of imidazole rings is 1. The summed E-state index contributed by atoms with van der Waals surface area (Å²) in [7, 11) is 0. The first-order chi connectivity index (χ1) is 10.4. The number of anilines is 2. The minimum Gasteiger partial charge on any atom is -0.340 e. The molecule has 4 aromatic rings. The van der Waals surface area contributed by atoms with Crippen LogP contribution in [0.1, 0.15) is 0 Å². The molecule has 0 atom stereocenters. The van der Waals surface area contributed by atoms with E-state index in [1.54, 1.807) is 6.33 Å². The van der Waals surface area contributed by atoms with Crippen LogP contribution in [0.5, 0.6) is 0 Å². The highest BCUT2D eigenvalue weighted by molar-refractivity contribution is 7.14. The third-order valence-corrected chi connectivity index (χ3v) is 3.78. The maximum Gasteiger partial charge on any atom is 0.188 e. The fourth-order valence-corrected chi connectivity index (χ4v) is 2.75. The molecule has 7 heteroatoms. The van der Waals surface area contributed by atoms with Crippen molar-refractivity contribution >= 4 is 33.5 Å². The molecule has 102 valence electrons. The van der Waals surface area contributed by atoms with Gasteiger partial charge in [0.2, 0.25) is 0 Å². The van der Waals surface area contributed by atoms with Crippen LogP contribution in [0.4, 0.5) is 10.9 Å². The Balaban J connectivity index is 1.66. The molecule has 0 radical (unpaired) electrons. The van der Waals surface area contributed by atoms with E-state index in [-0.39, 0.29) is 0 Å². The summed E-state index contributed by atoms with van der Waals surface area (Å²) in [5, 5.41) is 6.01. The number of thiazole rings is 1. The lowest BCUT2D eigenvalue weighted by Crippen LogP contribution is -1.95. The number of rotatable bonds is 3. The van der Waals surface area contributed by atoms with E-state index < -0.39 is 0 Å². The Morgan fingerprint density at radius 2 is 1.95 bits per heavy atom. The molecule has 0 aliphatic rings. The first-order valence-corrected chi connectivity index (χ1v) is 7.20. The molecule has 1 aromatic carbocycles. The van der Waals surface area contributed by atoms with Crippen LogP contribution in [-0.4, -0.2) is 24.9 Å². The van der Waals surface area contributed by atoms with E-state index in [9.17, 15) is 0 Å². The topological polar surface area (TPSA) is 79.4 Å². The number of hydrogen-bond donors (Lipinski definition) is 2. The maximum atomic E-state index is 4.58. The van der Waals surface area contributed by atoms with E-state index in [0.717, 1.165) is 21.9 Å². The molecule has 0 amide bonds. The predicted molar refractivity (Wildman–Crippen MR) is 82.5 cm³/mol. The van der Waals surface area contributed by atoms with Crippen molar-refractivity contribution in [2.75, 3.05) is 5.32 Å². The SMILES string of the molecule is c1ccc(-c2csc(Nc3ncnc4nc[nH]c34)n2)cc1. The molecule has 0 fully saturated rings. The van der Waals surface area contributed by atoms with Gasteiger partial charge in [-0.15, -0.1) is 11.3 Å². The van der Waals surface area contributed by atoms with Crippen LogP contribution in [0.3, 0.4) is 0 Å². The highest BCUT2D eigenvalue weighted by atomic mass is 32.1. The number of benzene rings is 1. The van der Waals surface area contributed by atoms with E-state index in [2.05, 4.69) is 30.2 Å². The van der Waals surface area contributed by atoms with E-state index >= 15 is 0 Å². The minimum absolute atomic E-state index is 0.632. The van der Waals surface area contributed by atoms with Crippen molar-refractivity contribution in [2.45, 2.75) is 0 Å². The average Bonchev–Trinajstić information content (AvgIpc) is 3.17. The predicted octanol–water partition coefficient (Wildman–Crippen LogP) is 3.22. The van der Waals surface area contributed by atoms with E-state index in [4.69, 9.17) is 0 Å². The Kier molecular flexibility index (Phi) is 2.82. The molecule has 0 spiro atoms. The highest BCUT2D eigenvalue weighted by Gasteiger charge is 2.09. The summed E-state index contributed by atoms with van der Waals surface area (Å²) in [6.07, 6.45) is 3.08. The number of nitrogens with zero attached hydrogens (tertiary/aromatic N) is 4. The van der Waals surface area contributed by atoms with Crippen molar-refractivity contribution in [3.63, 3.8) is 0 Å². The standard InChI is InChI=1S/C14H10N6S/c1-2-4-9(5-3-1)10-6-21-14(19-10)20-13-11-12(16-7-15-11)17-8-18-13/h1-8H,(H2,15,16,17,18,19,20). The van der Waals surface area contributed by atoms with Crippen LogP contribution >= 0.6 is 11.3 Å². The van der Waals surface area contributed by atoms with Crippen molar-refractivity contribution in [1.29, 1.82) is 0 Å². The van der Waals surface area contributed by atoms with Gasteiger partial charge in [0.1, 0.15) is 11.8 Å². The van der Waals surface area contributed by atoms with Gasteiger partial charge in [-0.1, -0.05) is 30.3 Å². The monoisotopic (exact) mass is 294 g/mol. The van der Waals surface area contributed by atoms with Gasteiger partial charge in [0.15, 0.2) is 16.6 Å². The minimum atomic E-state index is 0.632. The summed E-state index contributed by atoms with van der Waals surface area (Å²) in [4.78, 5) is 20.0. The Labute approximate surface area is 124 Å². The second kappa shape index (κ2) is 4.95. The second-order valence-corrected chi connectivity index (χ2v) is 5.21. The lowest BCUT2D eigenvalue weighted by atomic mass is 10.2. The first-order valence-electron chi connectivity index (χ1n) is 6.32. The molecule has 2 N–H and O–H groups in total. The molecule has 0 aliphatic heterocycles. The number of aromatic amines is 1. The summed E-state index contributed by atoms with van der Waals surface area (Å²) < 4.78 is 0. The van der Waals surface area contributed by atoms with E-state index in [0.29, 0.717) is 11.5 Å². The van der Waals surface area contributed by atoms with Crippen molar-refractivity contribution in [1.82, 2.24) is 24.9 Å². The molecule has 0 saturated carbocycles. The smallest absolute Gasteiger partial charge is 0.188 e. The van der Waals surface area contributed by atoms with Gasteiger partial charge < -0.3 is 10.3 Å². The summed E-state index contributed by atoms with van der Waals surface area (Å²) in [6.45, 7) is 0. The molecular weight excluding hydrogens is 284 g/mol. The largest absolute Gasteiger partial charge is 0.340 e. The molecule has 3 heterocycles. The summed E-state index contributed by atoms with van der Waals surface area (Å²) in [6, 6.07) is 10.1. The van der Waals surface area contributed by atoms with Crippen molar-refractivity contribution in [2.24, 2.45) is 0 Å². The van der Waals surface area contributed by atoms with Crippen LogP contribution < -0.4 is 5.32 Å². The summed E-state index contributed by atoms with van der Waals surface area (Å²) in [5.41, 5.74) is 3.44. The van der Waals surface area contributed by atoms with Gasteiger partial charge in [-0.3, -0.25) is 0 Å². The van der Waals surface area contributed by atoms with Gasteiger partial charge >= 0.3 is 0 Å². The van der Waals surface area contributed by atoms with Crippen molar-refractivity contribution < 1.29 is 0 Å². The van der Waals surface area contributed by atoms with E-state index in [1.165, 1.54) is 17.7 Å². The molecular formula is C14H10N6S. The van der Waals surface area contributed by atoms with E-state index in [1.807, 2.05) is 35.7 Å². The normalized spacial score (nSPS) is 10.9. The Morgan fingerprint density at radius 1 is 1.05 bits per heavy atom. The number of aromatic nitrogens is 5. The van der Waals surface area contributed by atoms with Crippen LogP contribution in [-0.2, 0) is 0 Å². The molecule has 21 heavy (non-hydrogen) atoms. The lowest BCUT2D eigenvalue weighted by molar-refractivity contribution is 1.19. The molecule has 0 saturated heterocycles. The summed E-state index contributed by atoms with van der Waals surface area (Å²) >= 11 is 1.53. The third kappa shape index (κ3) is 2.23. The maximum absolute atomic E-state index is 4.58. The number of fused-ring (bicyclic) bond motifs is 1. The Hall–Kier alpha value is -2.80. The summed E-state index contributed by atoms with van der Waals surface area (Å²) in [5.74, 6) is 0.673. The average molecular weight is 294 g/mol. The number of H-pyrrole nitrogens is 1. The zero-order chi connectivity index (χ0) is 14.1. The van der Waals surface area contributed by atoms with Crippen LogP contribution in [0, 0.1) is 0 Å². The Bertz CT molecular complexity index is 883. The molecule has 0 aliphatic carbocycles.